The number of ether oxygens (including phenoxy) is 1. The highest BCUT2D eigenvalue weighted by Gasteiger charge is 2.37. The van der Waals surface area contributed by atoms with Gasteiger partial charge in [-0.25, -0.2) is 4.79 Å². The first-order valence-electron chi connectivity index (χ1n) is 9.33. The zero-order chi connectivity index (χ0) is 18.9. The highest BCUT2D eigenvalue weighted by Crippen LogP contribution is 2.46. The molecule has 0 spiro atoms. The topological polar surface area (TPSA) is 26.3 Å². The van der Waals surface area contributed by atoms with E-state index in [4.69, 9.17) is 4.74 Å². The minimum atomic E-state index is -0.323. The van der Waals surface area contributed by atoms with E-state index in [9.17, 15) is 4.79 Å². The molecule has 0 saturated heterocycles. The average molecular weight is 348 g/mol. The van der Waals surface area contributed by atoms with E-state index in [2.05, 4.69) is 45.9 Å². The number of carbonyl (C=O) groups is 1. The van der Waals surface area contributed by atoms with Gasteiger partial charge in [-0.2, -0.15) is 0 Å². The molecular weight excluding hydrogens is 320 g/mol. The van der Waals surface area contributed by atoms with Crippen molar-refractivity contribution in [2.45, 2.75) is 58.3 Å². The lowest BCUT2D eigenvalue weighted by Gasteiger charge is -2.42. The molecule has 1 aliphatic rings. The molecule has 3 rings (SSSR count). The van der Waals surface area contributed by atoms with Crippen LogP contribution in [0.15, 0.2) is 54.6 Å². The largest absolute Gasteiger partial charge is 0.423 e. The lowest BCUT2D eigenvalue weighted by atomic mass is 9.63. The third-order valence-corrected chi connectivity index (χ3v) is 5.61. The van der Waals surface area contributed by atoms with Crippen LogP contribution in [0.1, 0.15) is 74.5 Å². The van der Waals surface area contributed by atoms with E-state index in [1.54, 1.807) is 12.1 Å². The number of hydrogen-bond acceptors (Lipinski definition) is 2. The first-order chi connectivity index (χ1) is 12.2. The number of hydrogen-bond donors (Lipinski definition) is 0. The molecule has 0 bridgehead atoms. The van der Waals surface area contributed by atoms with Crippen LogP contribution in [-0.2, 0) is 15.6 Å². The molecular formula is C24H28O2. The zero-order valence-electron chi connectivity index (χ0n) is 16.4. The van der Waals surface area contributed by atoms with E-state index in [0.717, 1.165) is 12.0 Å². The number of allylic oxidation sites excluding steroid dienone is 1. The van der Waals surface area contributed by atoms with E-state index in [-0.39, 0.29) is 16.8 Å². The van der Waals surface area contributed by atoms with Gasteiger partial charge in [0.2, 0.25) is 0 Å². The summed E-state index contributed by atoms with van der Waals surface area (Å²) in [5.41, 5.74) is 4.60. The third kappa shape index (κ3) is 3.46. The SMILES string of the molecule is CC=C(OC(=O)c1ccccc1)c1ccc2c(c1)C(C)(C)CCC2(C)C. The summed E-state index contributed by atoms with van der Waals surface area (Å²) >= 11 is 0. The number of fused-ring (bicyclic) bond motifs is 1. The van der Waals surface area contributed by atoms with Gasteiger partial charge in [-0.05, 0) is 66.0 Å². The van der Waals surface area contributed by atoms with Gasteiger partial charge in [-0.1, -0.05) is 58.0 Å². The Kier molecular flexibility index (Phi) is 4.79. The summed E-state index contributed by atoms with van der Waals surface area (Å²) in [5, 5.41) is 0. The van der Waals surface area contributed by atoms with Crippen LogP contribution in [0.5, 0.6) is 0 Å². The Balaban J connectivity index is 1.95. The Morgan fingerprint density at radius 3 is 2.12 bits per heavy atom. The van der Waals surface area contributed by atoms with Crippen molar-refractivity contribution in [3.63, 3.8) is 0 Å². The summed E-state index contributed by atoms with van der Waals surface area (Å²) < 4.78 is 5.71. The molecule has 0 amide bonds. The fourth-order valence-electron chi connectivity index (χ4n) is 3.76. The Morgan fingerprint density at radius 2 is 1.50 bits per heavy atom. The lowest BCUT2D eigenvalue weighted by molar-refractivity contribution is 0.0691. The maximum Gasteiger partial charge on any atom is 0.343 e. The molecule has 0 heterocycles. The molecule has 2 heteroatoms. The van der Waals surface area contributed by atoms with Crippen LogP contribution in [0.2, 0.25) is 0 Å². The quantitative estimate of drug-likeness (QED) is 0.484. The van der Waals surface area contributed by atoms with Gasteiger partial charge >= 0.3 is 5.97 Å². The van der Waals surface area contributed by atoms with Gasteiger partial charge < -0.3 is 4.74 Å². The van der Waals surface area contributed by atoms with Crippen LogP contribution in [0.25, 0.3) is 5.76 Å². The van der Waals surface area contributed by atoms with Gasteiger partial charge in [-0.15, -0.1) is 0 Å². The second-order valence-electron chi connectivity index (χ2n) is 8.44. The predicted octanol–water partition coefficient (Wildman–Crippen LogP) is 6.25. The first-order valence-corrected chi connectivity index (χ1v) is 9.33. The number of rotatable bonds is 3. The Hall–Kier alpha value is -2.35. The normalized spacial score (nSPS) is 18.1. The molecule has 0 atom stereocenters. The van der Waals surface area contributed by atoms with Crippen LogP contribution in [-0.4, -0.2) is 5.97 Å². The van der Waals surface area contributed by atoms with Gasteiger partial charge in [0.15, 0.2) is 0 Å². The molecule has 0 aromatic heterocycles. The lowest BCUT2D eigenvalue weighted by Crippen LogP contribution is -2.33. The fraction of sp³-hybridized carbons (Fsp3) is 0.375. The molecule has 26 heavy (non-hydrogen) atoms. The third-order valence-electron chi connectivity index (χ3n) is 5.61. The molecule has 2 nitrogen and oxygen atoms in total. The summed E-state index contributed by atoms with van der Waals surface area (Å²) in [5.74, 6) is 0.289. The minimum absolute atomic E-state index is 0.128. The molecule has 0 aliphatic heterocycles. The number of esters is 1. The van der Waals surface area contributed by atoms with Crippen molar-refractivity contribution in [3.8, 4) is 0 Å². The van der Waals surface area contributed by atoms with Gasteiger partial charge in [0, 0.05) is 5.56 Å². The second-order valence-corrected chi connectivity index (χ2v) is 8.44. The molecule has 1 aliphatic carbocycles. The Labute approximate surface area is 156 Å². The second kappa shape index (κ2) is 6.75. The van der Waals surface area contributed by atoms with Crippen molar-refractivity contribution < 1.29 is 9.53 Å². The van der Waals surface area contributed by atoms with E-state index in [1.165, 1.54) is 17.5 Å². The smallest absolute Gasteiger partial charge is 0.343 e. The Bertz CT molecular complexity index is 842. The van der Waals surface area contributed by atoms with Crippen molar-refractivity contribution in [2.24, 2.45) is 0 Å². The number of benzene rings is 2. The molecule has 0 N–H and O–H groups in total. The summed E-state index contributed by atoms with van der Waals surface area (Å²) in [7, 11) is 0. The van der Waals surface area contributed by atoms with E-state index in [1.807, 2.05) is 31.2 Å². The van der Waals surface area contributed by atoms with Gasteiger partial charge in [0.25, 0.3) is 0 Å². The summed E-state index contributed by atoms with van der Waals surface area (Å²) in [4.78, 5) is 12.4. The highest BCUT2D eigenvalue weighted by molar-refractivity contribution is 5.93. The van der Waals surface area contributed by atoms with Crippen LogP contribution in [0, 0.1) is 0 Å². The molecule has 2 aromatic carbocycles. The van der Waals surface area contributed by atoms with E-state index < -0.39 is 0 Å². The monoisotopic (exact) mass is 348 g/mol. The van der Waals surface area contributed by atoms with Gasteiger partial charge in [0.1, 0.15) is 5.76 Å². The summed E-state index contributed by atoms with van der Waals surface area (Å²) in [6.45, 7) is 11.1. The Morgan fingerprint density at radius 1 is 0.885 bits per heavy atom. The molecule has 0 unspecified atom stereocenters. The summed E-state index contributed by atoms with van der Waals surface area (Å²) in [6.07, 6.45) is 4.21. The maximum atomic E-state index is 12.4. The highest BCUT2D eigenvalue weighted by atomic mass is 16.5. The van der Waals surface area contributed by atoms with Crippen LogP contribution >= 0.6 is 0 Å². The van der Waals surface area contributed by atoms with Crippen molar-refractivity contribution in [1.82, 2.24) is 0 Å². The van der Waals surface area contributed by atoms with E-state index in [0.29, 0.717) is 11.3 Å². The molecule has 0 fully saturated rings. The molecule has 2 aromatic rings. The maximum absolute atomic E-state index is 12.4. The van der Waals surface area contributed by atoms with Crippen LogP contribution in [0.4, 0.5) is 0 Å². The van der Waals surface area contributed by atoms with Crippen molar-refractivity contribution in [1.29, 1.82) is 0 Å². The van der Waals surface area contributed by atoms with Crippen LogP contribution < -0.4 is 0 Å². The fourth-order valence-corrected chi connectivity index (χ4v) is 3.76. The van der Waals surface area contributed by atoms with Crippen molar-refractivity contribution >= 4 is 11.7 Å². The van der Waals surface area contributed by atoms with E-state index >= 15 is 0 Å². The minimum Gasteiger partial charge on any atom is -0.423 e. The van der Waals surface area contributed by atoms with Crippen molar-refractivity contribution in [2.75, 3.05) is 0 Å². The predicted molar refractivity (Wildman–Crippen MR) is 107 cm³/mol. The standard InChI is InChI=1S/C24H28O2/c1-6-21(26-22(25)17-10-8-7-9-11-17)18-12-13-19-20(16-18)24(4,5)15-14-23(19,2)3/h6-13,16H,14-15H2,1-5H3. The average Bonchev–Trinajstić information content (AvgIpc) is 2.64. The molecule has 0 saturated carbocycles. The molecule has 0 radical (unpaired) electrons. The van der Waals surface area contributed by atoms with Crippen LogP contribution in [0.3, 0.4) is 0 Å². The first kappa shape index (κ1) is 18.4. The molecule has 136 valence electrons. The zero-order valence-corrected chi connectivity index (χ0v) is 16.4. The van der Waals surface area contributed by atoms with Gasteiger partial charge in [0.05, 0.1) is 5.56 Å². The summed E-state index contributed by atoms with van der Waals surface area (Å²) in [6, 6.07) is 15.6. The number of carbonyl (C=O) groups excluding carboxylic acids is 1. The van der Waals surface area contributed by atoms with Crippen molar-refractivity contribution in [3.05, 3.63) is 76.9 Å². The van der Waals surface area contributed by atoms with Gasteiger partial charge in [-0.3, -0.25) is 0 Å².